The molecule has 9 heteroatoms. The molecule has 2 aromatic carbocycles. The van der Waals surface area contributed by atoms with E-state index in [1.165, 1.54) is 11.8 Å². The number of aliphatic carboxylic acids is 2. The first-order valence-electron chi connectivity index (χ1n) is 10.7. The van der Waals surface area contributed by atoms with Gasteiger partial charge in [0.1, 0.15) is 17.9 Å². The van der Waals surface area contributed by atoms with Crippen LogP contribution in [-0.2, 0) is 9.59 Å². The second kappa shape index (κ2) is 12.2. The molecule has 1 aliphatic rings. The number of rotatable bonds is 7. The van der Waals surface area contributed by atoms with Crippen LogP contribution in [0.2, 0.25) is 0 Å². The van der Waals surface area contributed by atoms with Crippen molar-refractivity contribution in [2.75, 3.05) is 44.2 Å². The maximum atomic E-state index is 11.3. The molecule has 0 bridgehead atoms. The van der Waals surface area contributed by atoms with Gasteiger partial charge in [-0.1, -0.05) is 18.2 Å². The molecule has 34 heavy (non-hydrogen) atoms. The summed E-state index contributed by atoms with van der Waals surface area (Å²) in [6.45, 7) is 5.64. The molecule has 1 aromatic heterocycles. The molecular formula is C25H26N2O7. The molecule has 3 aromatic rings. The largest absolute Gasteiger partial charge is 0.492 e. The first-order valence-corrected chi connectivity index (χ1v) is 10.7. The zero-order chi connectivity index (χ0) is 24.3. The number of anilines is 1. The molecule has 0 amide bonds. The highest BCUT2D eigenvalue weighted by atomic mass is 16.5. The van der Waals surface area contributed by atoms with Gasteiger partial charge < -0.3 is 24.3 Å². The Morgan fingerprint density at radius 1 is 0.912 bits per heavy atom. The van der Waals surface area contributed by atoms with Gasteiger partial charge in [-0.3, -0.25) is 4.90 Å². The van der Waals surface area contributed by atoms with Crippen LogP contribution in [0.5, 0.6) is 5.75 Å². The Morgan fingerprint density at radius 3 is 2.21 bits per heavy atom. The van der Waals surface area contributed by atoms with E-state index in [1.54, 1.807) is 12.1 Å². The van der Waals surface area contributed by atoms with Crippen molar-refractivity contribution in [3.8, 4) is 5.75 Å². The van der Waals surface area contributed by atoms with Crippen molar-refractivity contribution in [1.82, 2.24) is 4.90 Å². The molecule has 0 spiro atoms. The topological polar surface area (TPSA) is 121 Å². The van der Waals surface area contributed by atoms with Gasteiger partial charge in [-0.25, -0.2) is 14.4 Å². The highest BCUT2D eigenvalue weighted by Crippen LogP contribution is 2.20. The van der Waals surface area contributed by atoms with E-state index in [0.717, 1.165) is 43.9 Å². The molecule has 0 aliphatic carbocycles. The zero-order valence-electron chi connectivity index (χ0n) is 18.5. The van der Waals surface area contributed by atoms with Gasteiger partial charge in [0.2, 0.25) is 0 Å². The Hall–Kier alpha value is -4.11. The summed E-state index contributed by atoms with van der Waals surface area (Å²) < 4.78 is 11.1. The fourth-order valence-corrected chi connectivity index (χ4v) is 3.43. The van der Waals surface area contributed by atoms with E-state index in [-0.39, 0.29) is 5.63 Å². The number of fused-ring (bicyclic) bond motifs is 1. The minimum absolute atomic E-state index is 0.342. The maximum absolute atomic E-state index is 11.3. The average Bonchev–Trinajstić information content (AvgIpc) is 2.84. The summed E-state index contributed by atoms with van der Waals surface area (Å²) in [6, 6.07) is 19.3. The summed E-state index contributed by atoms with van der Waals surface area (Å²) in [5.41, 5.74) is 1.51. The predicted molar refractivity (Wildman–Crippen MR) is 127 cm³/mol. The van der Waals surface area contributed by atoms with Gasteiger partial charge in [0, 0.05) is 68.1 Å². The lowest BCUT2D eigenvalue weighted by atomic mass is 10.2. The fourth-order valence-electron chi connectivity index (χ4n) is 3.43. The second-order valence-corrected chi connectivity index (χ2v) is 7.48. The number of carbonyl (C=O) groups is 2. The number of hydrogen-bond acceptors (Lipinski definition) is 7. The summed E-state index contributed by atoms with van der Waals surface area (Å²) >= 11 is 0. The van der Waals surface area contributed by atoms with Crippen LogP contribution < -0.4 is 15.3 Å². The Balaban J connectivity index is 0.000000350. The molecule has 1 fully saturated rings. The van der Waals surface area contributed by atoms with Crippen LogP contribution in [0.15, 0.2) is 82.0 Å². The lowest BCUT2D eigenvalue weighted by Crippen LogP contribution is -2.47. The third kappa shape index (κ3) is 7.79. The molecule has 0 saturated carbocycles. The van der Waals surface area contributed by atoms with E-state index in [2.05, 4.69) is 40.1 Å². The number of para-hydroxylation sites is 1. The molecule has 2 heterocycles. The molecule has 178 valence electrons. The van der Waals surface area contributed by atoms with Gasteiger partial charge >= 0.3 is 17.6 Å². The minimum atomic E-state index is -1.26. The van der Waals surface area contributed by atoms with Gasteiger partial charge in [-0.05, 0) is 30.3 Å². The SMILES string of the molecule is O=C(O)/C=C/C(=O)O.O=c1ccc2ccc(OCCN3CCN(c4ccccc4)CC3)cc2o1. The summed E-state index contributed by atoms with van der Waals surface area (Å²) in [6.07, 6.45) is 1.12. The van der Waals surface area contributed by atoms with Crippen molar-refractivity contribution < 1.29 is 29.0 Å². The van der Waals surface area contributed by atoms with Crippen LogP contribution in [0.4, 0.5) is 5.69 Å². The average molecular weight is 466 g/mol. The summed E-state index contributed by atoms with van der Waals surface area (Å²) in [5, 5.41) is 16.5. The van der Waals surface area contributed by atoms with Gasteiger partial charge in [-0.2, -0.15) is 0 Å². The van der Waals surface area contributed by atoms with Crippen molar-refractivity contribution in [2.24, 2.45) is 0 Å². The Kier molecular flexibility index (Phi) is 8.81. The zero-order valence-corrected chi connectivity index (χ0v) is 18.5. The van der Waals surface area contributed by atoms with Crippen molar-refractivity contribution >= 4 is 28.6 Å². The number of hydrogen-bond donors (Lipinski definition) is 2. The number of carboxylic acids is 2. The lowest BCUT2D eigenvalue weighted by molar-refractivity contribution is -0.134. The van der Waals surface area contributed by atoms with E-state index in [4.69, 9.17) is 19.4 Å². The molecule has 9 nitrogen and oxygen atoms in total. The van der Waals surface area contributed by atoms with Crippen molar-refractivity contribution in [3.63, 3.8) is 0 Å². The van der Waals surface area contributed by atoms with E-state index < -0.39 is 11.9 Å². The van der Waals surface area contributed by atoms with Crippen molar-refractivity contribution in [2.45, 2.75) is 0 Å². The number of ether oxygens (including phenoxy) is 1. The van der Waals surface area contributed by atoms with Crippen molar-refractivity contribution in [1.29, 1.82) is 0 Å². The standard InChI is InChI=1S/C21H22N2O3.C4H4O4/c24-21-9-7-17-6-8-19(16-20(17)26-21)25-15-14-22-10-12-23(13-11-22)18-4-2-1-3-5-18;5-3(6)1-2-4(7)8/h1-9,16H,10-15H2;1-2H,(H,5,6)(H,7,8)/b;2-1+. The third-order valence-corrected chi connectivity index (χ3v) is 5.13. The van der Waals surface area contributed by atoms with E-state index in [1.807, 2.05) is 12.1 Å². The number of piperazine rings is 1. The Morgan fingerprint density at radius 2 is 1.56 bits per heavy atom. The summed E-state index contributed by atoms with van der Waals surface area (Å²) in [7, 11) is 0. The number of benzene rings is 2. The van der Waals surface area contributed by atoms with Gasteiger partial charge in [0.25, 0.3) is 0 Å². The molecule has 0 radical (unpaired) electrons. The summed E-state index contributed by atoms with van der Waals surface area (Å²) in [5.74, 6) is -1.78. The first-order chi connectivity index (χ1) is 16.4. The van der Waals surface area contributed by atoms with Gasteiger partial charge in [0.05, 0.1) is 0 Å². The van der Waals surface area contributed by atoms with E-state index in [0.29, 0.717) is 24.3 Å². The second-order valence-electron chi connectivity index (χ2n) is 7.48. The van der Waals surface area contributed by atoms with Crippen LogP contribution in [-0.4, -0.2) is 66.4 Å². The maximum Gasteiger partial charge on any atom is 0.336 e. The van der Waals surface area contributed by atoms with Crippen LogP contribution in [0.3, 0.4) is 0 Å². The fraction of sp³-hybridized carbons (Fsp3) is 0.240. The predicted octanol–water partition coefficient (Wildman–Crippen LogP) is 2.71. The Bertz CT molecular complexity index is 1170. The normalized spacial score (nSPS) is 13.9. The number of carboxylic acid groups (broad SMARTS) is 2. The summed E-state index contributed by atoms with van der Waals surface area (Å²) in [4.78, 5) is 35.3. The van der Waals surface area contributed by atoms with Crippen LogP contribution in [0.25, 0.3) is 11.0 Å². The molecule has 1 aliphatic heterocycles. The molecule has 0 unspecified atom stereocenters. The molecular weight excluding hydrogens is 440 g/mol. The van der Waals surface area contributed by atoms with Gasteiger partial charge in [0.15, 0.2) is 0 Å². The first kappa shape index (κ1) is 24.5. The minimum Gasteiger partial charge on any atom is -0.492 e. The third-order valence-electron chi connectivity index (χ3n) is 5.13. The van der Waals surface area contributed by atoms with Gasteiger partial charge in [-0.15, -0.1) is 0 Å². The molecule has 2 N–H and O–H groups in total. The highest BCUT2D eigenvalue weighted by Gasteiger charge is 2.16. The van der Waals surface area contributed by atoms with E-state index >= 15 is 0 Å². The van der Waals surface area contributed by atoms with E-state index in [9.17, 15) is 14.4 Å². The molecule has 4 rings (SSSR count). The lowest BCUT2D eigenvalue weighted by Gasteiger charge is -2.36. The highest BCUT2D eigenvalue weighted by molar-refractivity contribution is 5.89. The quantitative estimate of drug-likeness (QED) is 0.400. The van der Waals surface area contributed by atoms with Crippen LogP contribution in [0.1, 0.15) is 0 Å². The van der Waals surface area contributed by atoms with Crippen molar-refractivity contribution in [3.05, 3.63) is 83.2 Å². The molecule has 0 atom stereocenters. The van der Waals surface area contributed by atoms with Crippen LogP contribution >= 0.6 is 0 Å². The Labute approximate surface area is 196 Å². The van der Waals surface area contributed by atoms with Crippen LogP contribution in [0, 0.1) is 0 Å². The monoisotopic (exact) mass is 466 g/mol. The molecule has 1 saturated heterocycles. The smallest absolute Gasteiger partial charge is 0.336 e. The number of nitrogens with zero attached hydrogens (tertiary/aromatic N) is 2.